The van der Waals surface area contributed by atoms with Gasteiger partial charge >= 0.3 is 0 Å². The summed E-state index contributed by atoms with van der Waals surface area (Å²) in [4.78, 5) is 4.10. The first-order valence-corrected chi connectivity index (χ1v) is 5.08. The number of rotatable bonds is 1. The Hall–Kier alpha value is -0.840. The molecule has 0 saturated carbocycles. The summed E-state index contributed by atoms with van der Waals surface area (Å²) < 4.78 is 3.28. The molecule has 0 aliphatic carbocycles. The molecule has 2 aromatic rings. The lowest BCUT2D eigenvalue weighted by molar-refractivity contribution is 0.921. The second-order valence-electron chi connectivity index (χ2n) is 2.87. The molecule has 0 saturated heterocycles. The molecule has 0 atom stereocenters. The largest absolute Gasteiger partial charge is 0.334 e. The molecule has 0 bridgehead atoms. The van der Waals surface area contributed by atoms with Crippen molar-refractivity contribution in [3.8, 4) is 11.3 Å². The lowest BCUT2D eigenvalue weighted by Gasteiger charge is -2.03. The average molecular weight is 284 g/mol. The van der Waals surface area contributed by atoms with Gasteiger partial charge in [-0.25, -0.2) is 4.98 Å². The fourth-order valence-corrected chi connectivity index (χ4v) is 1.95. The number of benzene rings is 1. The number of aryl methyl sites for hydroxylation is 1. The van der Waals surface area contributed by atoms with Crippen LogP contribution in [0.2, 0.25) is 0 Å². The van der Waals surface area contributed by atoms with Crippen LogP contribution < -0.4 is 0 Å². The molecule has 1 heterocycles. The van der Waals surface area contributed by atoms with E-state index < -0.39 is 0 Å². The summed E-state index contributed by atoms with van der Waals surface area (Å²) >= 11 is 2.34. The maximum absolute atomic E-state index is 4.10. The molecule has 0 unspecified atom stereocenters. The Balaban J connectivity index is 2.59. The summed E-state index contributed by atoms with van der Waals surface area (Å²) in [5, 5.41) is 0. The number of aromatic nitrogens is 2. The summed E-state index contributed by atoms with van der Waals surface area (Å²) in [6.45, 7) is 0. The standard InChI is InChI=1S/C10H9IN2/c1-13-7-12-6-10(13)8-4-2-3-5-9(8)11/h2-7H,1H3. The Morgan fingerprint density at radius 3 is 2.69 bits per heavy atom. The summed E-state index contributed by atoms with van der Waals surface area (Å²) in [6, 6.07) is 8.30. The predicted octanol–water partition coefficient (Wildman–Crippen LogP) is 2.69. The van der Waals surface area contributed by atoms with E-state index in [1.807, 2.05) is 36.3 Å². The number of imidazole rings is 1. The van der Waals surface area contributed by atoms with Gasteiger partial charge in [-0.15, -0.1) is 0 Å². The molecule has 0 aliphatic heterocycles. The van der Waals surface area contributed by atoms with Gasteiger partial charge in [0.15, 0.2) is 0 Å². The SMILES string of the molecule is Cn1cncc1-c1ccccc1I. The zero-order valence-corrected chi connectivity index (χ0v) is 9.39. The van der Waals surface area contributed by atoms with E-state index in [-0.39, 0.29) is 0 Å². The van der Waals surface area contributed by atoms with Gasteiger partial charge in [0.05, 0.1) is 18.2 Å². The Kier molecular flexibility index (Phi) is 2.35. The minimum Gasteiger partial charge on any atom is -0.334 e. The Morgan fingerprint density at radius 2 is 2.08 bits per heavy atom. The summed E-state index contributed by atoms with van der Waals surface area (Å²) in [5.41, 5.74) is 2.40. The van der Waals surface area contributed by atoms with E-state index in [4.69, 9.17) is 0 Å². The molecule has 13 heavy (non-hydrogen) atoms. The van der Waals surface area contributed by atoms with Gasteiger partial charge in [0, 0.05) is 16.2 Å². The molecule has 0 aliphatic rings. The van der Waals surface area contributed by atoms with Crippen LogP contribution in [0.25, 0.3) is 11.3 Å². The molecule has 1 aromatic heterocycles. The highest BCUT2D eigenvalue weighted by Crippen LogP contribution is 2.23. The van der Waals surface area contributed by atoms with Gasteiger partial charge < -0.3 is 4.57 Å². The van der Waals surface area contributed by atoms with Crippen molar-refractivity contribution in [3.63, 3.8) is 0 Å². The fraction of sp³-hybridized carbons (Fsp3) is 0.100. The zero-order valence-electron chi connectivity index (χ0n) is 7.24. The Labute approximate surface area is 90.8 Å². The molecule has 0 radical (unpaired) electrons. The van der Waals surface area contributed by atoms with E-state index in [1.165, 1.54) is 9.13 Å². The van der Waals surface area contributed by atoms with E-state index >= 15 is 0 Å². The third-order valence-electron chi connectivity index (χ3n) is 1.97. The molecule has 0 N–H and O–H groups in total. The van der Waals surface area contributed by atoms with Gasteiger partial charge in [-0.2, -0.15) is 0 Å². The van der Waals surface area contributed by atoms with Crippen LogP contribution in [0.4, 0.5) is 0 Å². The van der Waals surface area contributed by atoms with Crippen molar-refractivity contribution in [2.45, 2.75) is 0 Å². The Bertz CT molecular complexity index is 420. The summed E-state index contributed by atoms with van der Waals surface area (Å²) in [7, 11) is 2.01. The van der Waals surface area contributed by atoms with Crippen LogP contribution in [0.5, 0.6) is 0 Å². The summed E-state index contributed by atoms with van der Waals surface area (Å²) in [6.07, 6.45) is 3.70. The monoisotopic (exact) mass is 284 g/mol. The van der Waals surface area contributed by atoms with Crippen molar-refractivity contribution in [1.29, 1.82) is 0 Å². The second-order valence-corrected chi connectivity index (χ2v) is 4.03. The molecule has 66 valence electrons. The topological polar surface area (TPSA) is 17.8 Å². The minimum absolute atomic E-state index is 1.16. The molecule has 2 nitrogen and oxygen atoms in total. The molecule has 3 heteroatoms. The van der Waals surface area contributed by atoms with Gasteiger partial charge in [-0.05, 0) is 28.7 Å². The zero-order chi connectivity index (χ0) is 9.26. The highest BCUT2D eigenvalue weighted by Gasteiger charge is 2.04. The first-order chi connectivity index (χ1) is 6.29. The number of hydrogen-bond acceptors (Lipinski definition) is 1. The van der Waals surface area contributed by atoms with E-state index in [1.54, 1.807) is 0 Å². The van der Waals surface area contributed by atoms with E-state index in [0.717, 1.165) is 5.69 Å². The molecular formula is C10H9IN2. The van der Waals surface area contributed by atoms with Crippen molar-refractivity contribution in [1.82, 2.24) is 9.55 Å². The quantitative estimate of drug-likeness (QED) is 0.736. The van der Waals surface area contributed by atoms with Crippen molar-refractivity contribution in [2.75, 3.05) is 0 Å². The van der Waals surface area contributed by atoms with Gasteiger partial charge in [-0.3, -0.25) is 0 Å². The third kappa shape index (κ3) is 1.60. The van der Waals surface area contributed by atoms with E-state index in [0.29, 0.717) is 0 Å². The smallest absolute Gasteiger partial charge is 0.0948 e. The van der Waals surface area contributed by atoms with Crippen LogP contribution in [0.3, 0.4) is 0 Å². The second kappa shape index (κ2) is 3.49. The molecule has 0 amide bonds. The van der Waals surface area contributed by atoms with Gasteiger partial charge in [0.25, 0.3) is 0 Å². The Morgan fingerprint density at radius 1 is 1.31 bits per heavy atom. The van der Waals surface area contributed by atoms with Crippen molar-refractivity contribution < 1.29 is 0 Å². The highest BCUT2D eigenvalue weighted by molar-refractivity contribution is 14.1. The maximum atomic E-state index is 4.10. The third-order valence-corrected chi connectivity index (χ3v) is 2.91. The lowest BCUT2D eigenvalue weighted by Crippen LogP contribution is -1.90. The predicted molar refractivity (Wildman–Crippen MR) is 61.4 cm³/mol. The average Bonchev–Trinajstić information content (AvgIpc) is 2.52. The van der Waals surface area contributed by atoms with Crippen LogP contribution in [0, 0.1) is 3.57 Å². The molecule has 1 aromatic carbocycles. The maximum Gasteiger partial charge on any atom is 0.0948 e. The number of hydrogen-bond donors (Lipinski definition) is 0. The molecule has 0 fully saturated rings. The first-order valence-electron chi connectivity index (χ1n) is 4.00. The summed E-state index contributed by atoms with van der Waals surface area (Å²) in [5.74, 6) is 0. The normalized spacial score (nSPS) is 10.3. The van der Waals surface area contributed by atoms with Crippen molar-refractivity contribution in [2.24, 2.45) is 7.05 Å². The van der Waals surface area contributed by atoms with Crippen LogP contribution in [-0.2, 0) is 7.05 Å². The van der Waals surface area contributed by atoms with Gasteiger partial charge in [0.1, 0.15) is 0 Å². The minimum atomic E-state index is 1.16. The fourth-order valence-electron chi connectivity index (χ4n) is 1.29. The van der Waals surface area contributed by atoms with Gasteiger partial charge in [0.2, 0.25) is 0 Å². The van der Waals surface area contributed by atoms with Crippen molar-refractivity contribution >= 4 is 22.6 Å². The number of halogens is 1. The molecule has 2 rings (SSSR count). The van der Waals surface area contributed by atoms with Crippen molar-refractivity contribution in [3.05, 3.63) is 40.4 Å². The van der Waals surface area contributed by atoms with E-state index in [2.05, 4.69) is 39.7 Å². The number of nitrogens with zero attached hydrogens (tertiary/aromatic N) is 2. The van der Waals surface area contributed by atoms with Crippen LogP contribution in [-0.4, -0.2) is 9.55 Å². The molecule has 0 spiro atoms. The molecular weight excluding hydrogens is 275 g/mol. The van der Waals surface area contributed by atoms with E-state index in [9.17, 15) is 0 Å². The lowest BCUT2D eigenvalue weighted by atomic mass is 10.2. The van der Waals surface area contributed by atoms with Crippen LogP contribution >= 0.6 is 22.6 Å². The highest BCUT2D eigenvalue weighted by atomic mass is 127. The van der Waals surface area contributed by atoms with Gasteiger partial charge in [-0.1, -0.05) is 18.2 Å². The first kappa shape index (κ1) is 8.74. The van der Waals surface area contributed by atoms with Crippen LogP contribution in [0.15, 0.2) is 36.8 Å². The van der Waals surface area contributed by atoms with Crippen LogP contribution in [0.1, 0.15) is 0 Å².